The monoisotopic (exact) mass is 374 g/mol. The van der Waals surface area contributed by atoms with Crippen molar-refractivity contribution in [3.63, 3.8) is 0 Å². The fraction of sp³-hybridized carbons (Fsp3) is 0.240. The molecule has 0 unspecified atom stereocenters. The lowest BCUT2D eigenvalue weighted by Gasteiger charge is -2.12. The summed E-state index contributed by atoms with van der Waals surface area (Å²) in [5.41, 5.74) is 5.20. The molecule has 0 saturated heterocycles. The van der Waals surface area contributed by atoms with Gasteiger partial charge in [0.1, 0.15) is 5.58 Å². The second-order valence-corrected chi connectivity index (χ2v) is 7.52. The molecule has 144 valence electrons. The van der Waals surface area contributed by atoms with E-state index in [1.165, 1.54) is 11.1 Å². The fourth-order valence-corrected chi connectivity index (χ4v) is 3.21. The molecule has 1 heterocycles. The van der Waals surface area contributed by atoms with E-state index in [0.29, 0.717) is 23.0 Å². The average molecular weight is 374 g/mol. The SMILES string of the molecule is CC(C)=CCc1ccc2oc(-c3ccccc3)c(O)c(=O)c2c1CC=C(C)C. The number of benzene rings is 2. The standard InChI is InChI=1S/C25H26O3/c1-16(2)10-12-18-13-15-21-22(20(18)14-11-17(3)4)23(26)24(27)25(28-21)19-8-6-5-7-9-19/h5-11,13,15,27H,12,14H2,1-4H3. The summed E-state index contributed by atoms with van der Waals surface area (Å²) in [6.07, 6.45) is 5.61. The van der Waals surface area contributed by atoms with Crippen molar-refractivity contribution in [2.75, 3.05) is 0 Å². The van der Waals surface area contributed by atoms with Crippen LogP contribution in [0, 0.1) is 0 Å². The van der Waals surface area contributed by atoms with E-state index in [2.05, 4.69) is 26.0 Å². The highest BCUT2D eigenvalue weighted by Crippen LogP contribution is 2.32. The first kappa shape index (κ1) is 19.7. The summed E-state index contributed by atoms with van der Waals surface area (Å²) in [7, 11) is 0. The maximum atomic E-state index is 13.1. The van der Waals surface area contributed by atoms with Gasteiger partial charge in [0.05, 0.1) is 5.39 Å². The molecular formula is C25H26O3. The molecule has 0 spiro atoms. The van der Waals surface area contributed by atoms with Gasteiger partial charge < -0.3 is 9.52 Å². The minimum atomic E-state index is -0.378. The summed E-state index contributed by atoms with van der Waals surface area (Å²) in [5, 5.41) is 11.1. The first-order valence-electron chi connectivity index (χ1n) is 9.51. The highest BCUT2D eigenvalue weighted by atomic mass is 16.4. The van der Waals surface area contributed by atoms with Crippen molar-refractivity contribution in [3.05, 3.63) is 87.1 Å². The highest BCUT2D eigenvalue weighted by molar-refractivity contribution is 5.86. The van der Waals surface area contributed by atoms with E-state index < -0.39 is 0 Å². The Hall–Kier alpha value is -3.07. The summed E-state index contributed by atoms with van der Waals surface area (Å²) in [6.45, 7) is 8.19. The molecule has 0 bridgehead atoms. The highest BCUT2D eigenvalue weighted by Gasteiger charge is 2.19. The lowest BCUT2D eigenvalue weighted by molar-refractivity contribution is 0.449. The van der Waals surface area contributed by atoms with Crippen LogP contribution in [0.2, 0.25) is 0 Å². The second-order valence-electron chi connectivity index (χ2n) is 7.52. The van der Waals surface area contributed by atoms with E-state index in [4.69, 9.17) is 4.42 Å². The molecule has 1 aromatic heterocycles. The normalized spacial score (nSPS) is 10.7. The molecule has 0 aliphatic rings. The van der Waals surface area contributed by atoms with Crippen molar-refractivity contribution in [1.82, 2.24) is 0 Å². The smallest absolute Gasteiger partial charge is 0.235 e. The molecule has 0 aliphatic carbocycles. The lowest BCUT2D eigenvalue weighted by atomic mass is 9.95. The summed E-state index contributed by atoms with van der Waals surface area (Å²) >= 11 is 0. The fourth-order valence-electron chi connectivity index (χ4n) is 3.21. The van der Waals surface area contributed by atoms with Crippen LogP contribution < -0.4 is 5.43 Å². The van der Waals surface area contributed by atoms with Gasteiger partial charge in [0, 0.05) is 5.56 Å². The molecule has 0 fully saturated rings. The third-order valence-corrected chi connectivity index (χ3v) is 4.72. The Labute approximate surface area is 165 Å². The lowest BCUT2D eigenvalue weighted by Crippen LogP contribution is -2.08. The van der Waals surface area contributed by atoms with Crippen LogP contribution in [0.5, 0.6) is 5.75 Å². The zero-order valence-electron chi connectivity index (χ0n) is 16.9. The van der Waals surface area contributed by atoms with E-state index >= 15 is 0 Å². The molecule has 0 saturated carbocycles. The van der Waals surface area contributed by atoms with Crippen molar-refractivity contribution < 1.29 is 9.52 Å². The van der Waals surface area contributed by atoms with Crippen LogP contribution >= 0.6 is 0 Å². The summed E-state index contributed by atoms with van der Waals surface area (Å²) in [4.78, 5) is 13.1. The van der Waals surface area contributed by atoms with E-state index in [1.54, 1.807) is 0 Å². The number of hydrogen-bond donors (Lipinski definition) is 1. The van der Waals surface area contributed by atoms with Crippen molar-refractivity contribution in [3.8, 4) is 17.1 Å². The quantitative estimate of drug-likeness (QED) is 0.542. The Morgan fingerprint density at radius 2 is 1.57 bits per heavy atom. The molecule has 2 aromatic carbocycles. The van der Waals surface area contributed by atoms with Crippen molar-refractivity contribution >= 4 is 11.0 Å². The van der Waals surface area contributed by atoms with Crippen LogP contribution in [-0.2, 0) is 12.8 Å². The van der Waals surface area contributed by atoms with Gasteiger partial charge in [-0.15, -0.1) is 0 Å². The summed E-state index contributed by atoms with van der Waals surface area (Å²) in [5.74, 6) is -0.125. The van der Waals surface area contributed by atoms with Crippen LogP contribution in [0.1, 0.15) is 38.8 Å². The van der Waals surface area contributed by atoms with E-state index in [9.17, 15) is 9.90 Å². The van der Waals surface area contributed by atoms with Gasteiger partial charge in [-0.25, -0.2) is 0 Å². The largest absolute Gasteiger partial charge is 0.502 e. The maximum absolute atomic E-state index is 13.1. The summed E-state index contributed by atoms with van der Waals surface area (Å²) in [6, 6.07) is 13.1. The molecule has 28 heavy (non-hydrogen) atoms. The Balaban J connectivity index is 2.28. The maximum Gasteiger partial charge on any atom is 0.235 e. The molecule has 3 rings (SSSR count). The first-order chi connectivity index (χ1) is 13.4. The molecule has 0 radical (unpaired) electrons. The number of rotatable bonds is 5. The van der Waals surface area contributed by atoms with Crippen LogP contribution in [0.4, 0.5) is 0 Å². The Morgan fingerprint density at radius 3 is 2.21 bits per heavy atom. The number of aromatic hydroxyl groups is 1. The van der Waals surface area contributed by atoms with Crippen molar-refractivity contribution in [2.45, 2.75) is 40.5 Å². The van der Waals surface area contributed by atoms with E-state index in [1.807, 2.05) is 56.3 Å². The van der Waals surface area contributed by atoms with Crippen molar-refractivity contribution in [2.24, 2.45) is 0 Å². The first-order valence-corrected chi connectivity index (χ1v) is 9.51. The van der Waals surface area contributed by atoms with Gasteiger partial charge in [0.2, 0.25) is 11.2 Å². The molecule has 0 amide bonds. The Kier molecular flexibility index (Phi) is 5.84. The van der Waals surface area contributed by atoms with Crippen LogP contribution in [-0.4, -0.2) is 5.11 Å². The van der Waals surface area contributed by atoms with E-state index in [-0.39, 0.29) is 16.9 Å². The molecular weight excluding hydrogens is 348 g/mol. The Bertz CT molecular complexity index is 1110. The van der Waals surface area contributed by atoms with Gasteiger partial charge in [-0.05, 0) is 57.7 Å². The number of allylic oxidation sites excluding steroid dienone is 4. The van der Waals surface area contributed by atoms with Crippen LogP contribution in [0.25, 0.3) is 22.3 Å². The number of hydrogen-bond acceptors (Lipinski definition) is 3. The van der Waals surface area contributed by atoms with Crippen LogP contribution in [0.15, 0.2) is 75.0 Å². The summed E-state index contributed by atoms with van der Waals surface area (Å²) < 4.78 is 6.00. The van der Waals surface area contributed by atoms with Crippen molar-refractivity contribution in [1.29, 1.82) is 0 Å². The number of fused-ring (bicyclic) bond motifs is 1. The zero-order chi connectivity index (χ0) is 20.3. The Morgan fingerprint density at radius 1 is 0.929 bits per heavy atom. The molecule has 3 aromatic rings. The minimum Gasteiger partial charge on any atom is -0.502 e. The average Bonchev–Trinajstić information content (AvgIpc) is 2.68. The topological polar surface area (TPSA) is 50.4 Å². The molecule has 0 aliphatic heterocycles. The second kappa shape index (κ2) is 8.30. The van der Waals surface area contributed by atoms with Gasteiger partial charge >= 0.3 is 0 Å². The molecule has 3 nitrogen and oxygen atoms in total. The van der Waals surface area contributed by atoms with Gasteiger partial charge in [-0.2, -0.15) is 0 Å². The minimum absolute atomic E-state index is 0.211. The third-order valence-electron chi connectivity index (χ3n) is 4.72. The third kappa shape index (κ3) is 4.09. The predicted octanol–water partition coefficient (Wildman–Crippen LogP) is 6.18. The van der Waals surface area contributed by atoms with Gasteiger partial charge in [-0.3, -0.25) is 4.79 Å². The van der Waals surface area contributed by atoms with Gasteiger partial charge in [-0.1, -0.05) is 59.7 Å². The van der Waals surface area contributed by atoms with Gasteiger partial charge in [0.15, 0.2) is 5.76 Å². The predicted molar refractivity (Wildman–Crippen MR) is 116 cm³/mol. The van der Waals surface area contributed by atoms with E-state index in [0.717, 1.165) is 17.5 Å². The van der Waals surface area contributed by atoms with Gasteiger partial charge in [0.25, 0.3) is 0 Å². The molecule has 1 N–H and O–H groups in total. The zero-order valence-corrected chi connectivity index (χ0v) is 16.9. The molecule has 0 atom stereocenters. The molecule has 3 heteroatoms. The van der Waals surface area contributed by atoms with Crippen LogP contribution in [0.3, 0.4) is 0 Å².